The van der Waals surface area contributed by atoms with Gasteiger partial charge >= 0.3 is 0 Å². The Hall–Kier alpha value is -1.47. The number of ether oxygens (including phenoxy) is 2. The van der Waals surface area contributed by atoms with E-state index in [9.17, 15) is 4.79 Å². The highest BCUT2D eigenvalue weighted by Gasteiger charge is 2.29. The number of benzene rings is 1. The summed E-state index contributed by atoms with van der Waals surface area (Å²) in [5.41, 5.74) is 2.65. The lowest BCUT2D eigenvalue weighted by atomic mass is 10.1. The molecule has 1 aromatic carbocycles. The molecule has 3 rings (SSSR count). The highest BCUT2D eigenvalue weighted by atomic mass is 16.5. The van der Waals surface area contributed by atoms with Crippen molar-refractivity contribution >= 4 is 5.91 Å². The van der Waals surface area contributed by atoms with Crippen LogP contribution in [0.25, 0.3) is 0 Å². The number of likely N-dealkylation sites (N-methyl/N-ethyl adjacent to an activating group) is 1. The lowest BCUT2D eigenvalue weighted by Gasteiger charge is -2.32. The van der Waals surface area contributed by atoms with E-state index >= 15 is 0 Å². The van der Waals surface area contributed by atoms with Crippen LogP contribution in [-0.4, -0.2) is 74.9 Å². The number of carbonyl (C=O) groups excluding carboxylic acids is 1. The largest absolute Gasteiger partial charge is 0.379 e. The molecular formula is C19H29N3O3. The SMILES string of the molecule is CN(C)CCO[C@@H]1COCC[C@H]1NC(=O)CN1Cc2ccccc2C1. The fraction of sp³-hybridized carbons (Fsp3) is 0.632. The Balaban J connectivity index is 1.46. The second kappa shape index (κ2) is 8.76. The number of fused-ring (bicyclic) bond motifs is 1. The second-order valence-electron chi connectivity index (χ2n) is 7.16. The van der Waals surface area contributed by atoms with Gasteiger partial charge in [0.25, 0.3) is 0 Å². The van der Waals surface area contributed by atoms with E-state index in [1.165, 1.54) is 11.1 Å². The lowest BCUT2D eigenvalue weighted by Crippen LogP contribution is -2.52. The summed E-state index contributed by atoms with van der Waals surface area (Å²) < 4.78 is 11.5. The van der Waals surface area contributed by atoms with Crippen LogP contribution in [0.5, 0.6) is 0 Å². The number of rotatable bonds is 7. The van der Waals surface area contributed by atoms with Crippen LogP contribution in [0.3, 0.4) is 0 Å². The molecule has 2 atom stereocenters. The minimum absolute atomic E-state index is 0.0355. The molecule has 2 aliphatic heterocycles. The van der Waals surface area contributed by atoms with Crippen LogP contribution in [0, 0.1) is 0 Å². The Bertz CT molecular complexity index is 554. The summed E-state index contributed by atoms with van der Waals surface area (Å²) in [6.07, 6.45) is 0.743. The van der Waals surface area contributed by atoms with Crippen LogP contribution < -0.4 is 5.32 Å². The fourth-order valence-corrected chi connectivity index (χ4v) is 3.40. The molecule has 25 heavy (non-hydrogen) atoms. The van der Waals surface area contributed by atoms with Gasteiger partial charge in [0, 0.05) is 26.2 Å². The summed E-state index contributed by atoms with van der Waals surface area (Å²) in [7, 11) is 4.04. The summed E-state index contributed by atoms with van der Waals surface area (Å²) >= 11 is 0. The van der Waals surface area contributed by atoms with E-state index in [1.807, 2.05) is 14.1 Å². The number of carbonyl (C=O) groups is 1. The van der Waals surface area contributed by atoms with Crippen molar-refractivity contribution in [2.45, 2.75) is 31.7 Å². The van der Waals surface area contributed by atoms with Gasteiger partial charge in [-0.2, -0.15) is 0 Å². The molecule has 1 N–H and O–H groups in total. The van der Waals surface area contributed by atoms with Crippen LogP contribution in [0.1, 0.15) is 17.5 Å². The quantitative estimate of drug-likeness (QED) is 0.793. The van der Waals surface area contributed by atoms with E-state index in [0.29, 0.717) is 26.4 Å². The summed E-state index contributed by atoms with van der Waals surface area (Å²) in [4.78, 5) is 16.8. The van der Waals surface area contributed by atoms with E-state index in [-0.39, 0.29) is 18.1 Å². The van der Waals surface area contributed by atoms with Crippen molar-refractivity contribution in [1.29, 1.82) is 0 Å². The smallest absolute Gasteiger partial charge is 0.234 e. The first-order valence-corrected chi connectivity index (χ1v) is 9.04. The zero-order valence-electron chi connectivity index (χ0n) is 15.2. The van der Waals surface area contributed by atoms with Gasteiger partial charge in [-0.15, -0.1) is 0 Å². The van der Waals surface area contributed by atoms with Gasteiger partial charge in [0.05, 0.1) is 25.8 Å². The maximum absolute atomic E-state index is 12.5. The van der Waals surface area contributed by atoms with E-state index in [2.05, 4.69) is 39.4 Å². The molecule has 1 fully saturated rings. The van der Waals surface area contributed by atoms with E-state index in [0.717, 1.165) is 26.1 Å². The predicted molar refractivity (Wildman–Crippen MR) is 96.2 cm³/mol. The highest BCUT2D eigenvalue weighted by molar-refractivity contribution is 5.78. The predicted octanol–water partition coefficient (Wildman–Crippen LogP) is 0.854. The second-order valence-corrected chi connectivity index (χ2v) is 7.16. The van der Waals surface area contributed by atoms with Gasteiger partial charge < -0.3 is 19.7 Å². The Kier molecular flexibility index (Phi) is 6.42. The van der Waals surface area contributed by atoms with Gasteiger partial charge in [-0.25, -0.2) is 0 Å². The minimum atomic E-state index is -0.0616. The molecule has 6 heteroatoms. The molecule has 0 spiro atoms. The minimum Gasteiger partial charge on any atom is -0.379 e. The zero-order valence-corrected chi connectivity index (χ0v) is 15.2. The molecule has 0 bridgehead atoms. The van der Waals surface area contributed by atoms with Crippen molar-refractivity contribution < 1.29 is 14.3 Å². The maximum Gasteiger partial charge on any atom is 0.234 e. The Labute approximate surface area is 150 Å². The number of nitrogens with zero attached hydrogens (tertiary/aromatic N) is 2. The summed E-state index contributed by atoms with van der Waals surface area (Å²) in [5.74, 6) is 0.0703. The highest BCUT2D eigenvalue weighted by Crippen LogP contribution is 2.21. The van der Waals surface area contributed by atoms with Crippen LogP contribution in [-0.2, 0) is 27.4 Å². The van der Waals surface area contributed by atoms with E-state index in [4.69, 9.17) is 9.47 Å². The molecule has 1 aromatic rings. The van der Waals surface area contributed by atoms with Gasteiger partial charge in [0.1, 0.15) is 6.10 Å². The van der Waals surface area contributed by atoms with E-state index in [1.54, 1.807) is 0 Å². The van der Waals surface area contributed by atoms with Gasteiger partial charge in [-0.3, -0.25) is 9.69 Å². The van der Waals surface area contributed by atoms with Crippen molar-refractivity contribution in [3.63, 3.8) is 0 Å². The molecule has 138 valence electrons. The van der Waals surface area contributed by atoms with Crippen LogP contribution in [0.2, 0.25) is 0 Å². The van der Waals surface area contributed by atoms with Crippen molar-refractivity contribution in [3.05, 3.63) is 35.4 Å². The maximum atomic E-state index is 12.5. The molecule has 0 aliphatic carbocycles. The summed E-state index contributed by atoms with van der Waals surface area (Å²) in [6.45, 7) is 4.86. The summed E-state index contributed by atoms with van der Waals surface area (Å²) in [6, 6.07) is 8.43. The molecule has 6 nitrogen and oxygen atoms in total. The van der Waals surface area contributed by atoms with Gasteiger partial charge in [0.2, 0.25) is 5.91 Å². The van der Waals surface area contributed by atoms with Gasteiger partial charge in [-0.05, 0) is 31.6 Å². The molecule has 0 radical (unpaired) electrons. The molecule has 0 saturated carbocycles. The molecule has 2 aliphatic rings. The first kappa shape index (κ1) is 18.3. The van der Waals surface area contributed by atoms with Gasteiger partial charge in [0.15, 0.2) is 0 Å². The molecule has 0 unspecified atom stereocenters. The lowest BCUT2D eigenvalue weighted by molar-refractivity contribution is -0.127. The molecular weight excluding hydrogens is 318 g/mol. The van der Waals surface area contributed by atoms with Crippen molar-refractivity contribution in [2.24, 2.45) is 0 Å². The third-order valence-electron chi connectivity index (χ3n) is 4.79. The topological polar surface area (TPSA) is 54.0 Å². The van der Waals surface area contributed by atoms with Gasteiger partial charge in [-0.1, -0.05) is 24.3 Å². The Morgan fingerprint density at radius 3 is 2.72 bits per heavy atom. The van der Waals surface area contributed by atoms with E-state index < -0.39 is 0 Å². The standard InChI is InChI=1S/C19H29N3O3/c1-21(2)8-10-25-18-14-24-9-7-17(18)20-19(23)13-22-11-15-5-3-4-6-16(15)12-22/h3-6,17-18H,7-14H2,1-2H3,(H,20,23)/t17-,18-/m1/s1. The Morgan fingerprint density at radius 1 is 1.32 bits per heavy atom. The van der Waals surface area contributed by atoms with Crippen molar-refractivity contribution in [2.75, 3.05) is 47.0 Å². The van der Waals surface area contributed by atoms with Crippen LogP contribution in [0.4, 0.5) is 0 Å². The number of hydrogen-bond donors (Lipinski definition) is 1. The molecule has 0 aromatic heterocycles. The first-order chi connectivity index (χ1) is 12.1. The van der Waals surface area contributed by atoms with Crippen molar-refractivity contribution in [1.82, 2.24) is 15.1 Å². The monoisotopic (exact) mass is 347 g/mol. The number of amides is 1. The van der Waals surface area contributed by atoms with Crippen LogP contribution >= 0.6 is 0 Å². The summed E-state index contributed by atoms with van der Waals surface area (Å²) in [5, 5.41) is 3.16. The molecule has 1 saturated heterocycles. The molecule has 2 heterocycles. The average molecular weight is 347 g/mol. The van der Waals surface area contributed by atoms with Crippen LogP contribution in [0.15, 0.2) is 24.3 Å². The zero-order chi connectivity index (χ0) is 17.6. The third-order valence-corrected chi connectivity index (χ3v) is 4.79. The fourth-order valence-electron chi connectivity index (χ4n) is 3.40. The average Bonchev–Trinajstić information content (AvgIpc) is 2.98. The Morgan fingerprint density at radius 2 is 2.04 bits per heavy atom. The number of hydrogen-bond acceptors (Lipinski definition) is 5. The molecule has 1 amide bonds. The third kappa shape index (κ3) is 5.25. The normalized spacial score (nSPS) is 23.6. The van der Waals surface area contributed by atoms with Crippen molar-refractivity contribution in [3.8, 4) is 0 Å². The number of nitrogens with one attached hydrogen (secondary N) is 1. The first-order valence-electron chi connectivity index (χ1n) is 9.04.